The summed E-state index contributed by atoms with van der Waals surface area (Å²) in [6.07, 6.45) is 0. The molecule has 0 saturated heterocycles. The van der Waals surface area contributed by atoms with E-state index in [0.717, 1.165) is 44.5 Å². The van der Waals surface area contributed by atoms with E-state index in [2.05, 4.69) is 196 Å². The number of nitro benzene ring substituents is 1. The van der Waals surface area contributed by atoms with Crippen molar-refractivity contribution in [3.05, 3.63) is 323 Å². The number of anilines is 5. The number of rotatable bonds is 26. The van der Waals surface area contributed by atoms with Crippen LogP contribution in [0.25, 0.3) is 19.4 Å². The molecule has 10 N–H and O–H groups in total. The Morgan fingerprint density at radius 1 is 0.353 bits per heavy atom. The van der Waals surface area contributed by atoms with Crippen LogP contribution in [0, 0.1) is 98.7 Å². The topological polar surface area (TPSA) is 353 Å². The Bertz CT molecular complexity index is 5040. The van der Waals surface area contributed by atoms with Gasteiger partial charge in [-0.15, -0.1) is 0 Å². The molecule has 0 bridgehead atoms. The van der Waals surface area contributed by atoms with Gasteiger partial charge in [0.25, 0.3) is 35.2 Å². The van der Waals surface area contributed by atoms with Crippen LogP contribution in [-0.2, 0) is 28.9 Å². The first kappa shape index (κ1) is 123. The molecule has 36 heteroatoms. The number of hydrogen-bond donors (Lipinski definition) is 10. The second kappa shape index (κ2) is 62.4. The third-order valence-electron chi connectivity index (χ3n) is 17.9. The van der Waals surface area contributed by atoms with Gasteiger partial charge < -0.3 is 75.8 Å². The monoisotopic (exact) mass is 2660 g/mol. The Labute approximate surface area is 877 Å². The number of nitrogens with one attached hydrogen (secondary N) is 5. The summed E-state index contributed by atoms with van der Waals surface area (Å²) in [5.74, 6) is -0.0985. The molecule has 10 aromatic rings. The van der Waals surface area contributed by atoms with Crippen LogP contribution < -0.4 is 50.3 Å². The third-order valence-corrected chi connectivity index (χ3v) is 18.2. The van der Waals surface area contributed by atoms with Crippen LogP contribution in [0.3, 0.4) is 0 Å². The molecule has 0 aliphatic heterocycles. The number of carbonyl (C=O) groups is 5. The number of halogens is 8. The van der Waals surface area contributed by atoms with E-state index in [-0.39, 0.29) is 56.1 Å². The molecule has 0 aliphatic rings. The number of aliphatic hydroxyl groups is 5. The van der Waals surface area contributed by atoms with Crippen molar-refractivity contribution < 1.29 is 83.0 Å². The van der Waals surface area contributed by atoms with E-state index in [1.165, 1.54) is 67.4 Å². The number of hydrogen-bond acceptors (Lipinski definition) is 17. The van der Waals surface area contributed by atoms with Crippen LogP contribution in [0.2, 0.25) is 5.02 Å². The normalized spacial score (nSPS) is 12.2. The maximum atomic E-state index is 12.3. The van der Waals surface area contributed by atoms with Crippen molar-refractivity contribution >= 4 is 248 Å². The summed E-state index contributed by atoms with van der Waals surface area (Å²) < 4.78 is 28.6. The summed E-state index contributed by atoms with van der Waals surface area (Å²) in [4.78, 5) is 88.7. The molecule has 10 rings (SSSR count). The molecule has 0 saturated carbocycles. The Morgan fingerprint density at radius 2 is 0.526 bits per heavy atom. The maximum absolute atomic E-state index is 12.3. The van der Waals surface area contributed by atoms with Crippen molar-refractivity contribution in [3.63, 3.8) is 0 Å². The van der Waals surface area contributed by atoms with Crippen LogP contribution in [0.5, 0.6) is 28.7 Å². The summed E-state index contributed by atoms with van der Waals surface area (Å²) in [6.45, 7) is 50.8. The summed E-state index contributed by atoms with van der Waals surface area (Å²) >= 11 is 22.2. The zero-order valence-corrected chi connectivity index (χ0v) is 92.5. The zero-order chi connectivity index (χ0) is 99.9. The van der Waals surface area contributed by atoms with Crippen LogP contribution in [0.15, 0.2) is 212 Å². The van der Waals surface area contributed by atoms with Crippen molar-refractivity contribution in [3.8, 4) is 28.7 Å². The van der Waals surface area contributed by atoms with Crippen LogP contribution in [-0.4, -0.2) is 133 Å². The number of benzene rings is 10. The fourth-order valence-electron chi connectivity index (χ4n) is 10.1. The molecule has 27 nitrogen and oxygen atoms in total. The fourth-order valence-corrected chi connectivity index (χ4v) is 10.4. The van der Waals surface area contributed by atoms with E-state index in [1.807, 2.05) is 105 Å². The van der Waals surface area contributed by atoms with E-state index in [0.29, 0.717) is 85.5 Å². The van der Waals surface area contributed by atoms with Crippen molar-refractivity contribution in [1.82, 2.24) is 0 Å². The van der Waals surface area contributed by atoms with E-state index in [4.69, 9.17) is 61.6 Å². The van der Waals surface area contributed by atoms with E-state index < -0.39 is 62.5 Å². The predicted octanol–water partition coefficient (Wildman–Crippen LogP) is 25.0. The van der Waals surface area contributed by atoms with Gasteiger partial charge in [0.05, 0.1) is 33.6 Å². The first-order valence-corrected chi connectivity index (χ1v) is 60.5. The summed E-state index contributed by atoms with van der Waals surface area (Å²) in [5.41, 5.74) is 3.83. The second-order valence-electron chi connectivity index (χ2n) is 29.8. The molecule has 0 fully saturated rings. The Kier molecular flexibility index (Phi) is 57.6. The number of amides is 5. The van der Waals surface area contributed by atoms with Gasteiger partial charge in [0.2, 0.25) is 5.69 Å². The van der Waals surface area contributed by atoms with E-state index >= 15 is 0 Å². The minimum absolute atomic E-state index is 0. The van der Waals surface area contributed by atoms with Gasteiger partial charge in [0.15, 0.2) is 45.1 Å². The summed E-state index contributed by atoms with van der Waals surface area (Å²) in [7, 11) is 0. The van der Waals surface area contributed by atoms with Gasteiger partial charge in [0, 0.05) is 45.1 Å². The van der Waals surface area contributed by atoms with E-state index in [9.17, 15) is 59.6 Å². The van der Waals surface area contributed by atoms with Crippen molar-refractivity contribution in [2.75, 3.05) is 71.9 Å². The Hall–Kier alpha value is -8.31. The van der Waals surface area contributed by atoms with Gasteiger partial charge in [-0.1, -0.05) is 222 Å². The predicted molar refractivity (Wildman–Crippen MR) is 589 cm³/mol. The first-order chi connectivity index (χ1) is 62.1. The SMILES string of the molecule is C.CI.CI.Cc1ccc(OC[C@](C)(O)C(=O)Nc2ccc([N+](=O)[O-])c(C)c2)cc1.ICI.[C-]#[N+]c1ccc(NC(=O)[C@@](C)(O)COc2ccc(C)cc2)cc1C.[C-]#[N+]c1ccc(NC(=O)[C@@](C)(O)COc2ccc(C)cc2)cc1C.[C-]#[N+]c1ccc(NC(=O)[C@@](C)(O)COc2ccc(C)cc2)cc1C.[C-]#[N+]c1ccc(NC(=O)[C@@](C)(O)COc2ccc(C)cc2)cc1Cl.[I][V]([I])[I]. The molecule has 710 valence electrons. The molecule has 0 radical (unpaired) electrons. The number of nitro groups is 1. The molecule has 0 spiro atoms. The summed E-state index contributed by atoms with van der Waals surface area (Å²) in [5, 5.41) is 75.8. The van der Waals surface area contributed by atoms with Crippen molar-refractivity contribution in [1.29, 1.82) is 0 Å². The molecule has 0 heterocycles. The molecule has 0 unspecified atom stereocenters. The molecular weight excluding hydrogens is 2550 g/mol. The van der Waals surface area contributed by atoms with Gasteiger partial charge in [-0.2, -0.15) is 0 Å². The first-order valence-electron chi connectivity index (χ1n) is 39.3. The molecule has 133 heavy (non-hydrogen) atoms. The van der Waals surface area contributed by atoms with Crippen molar-refractivity contribution in [2.24, 2.45) is 0 Å². The molecular formula is C97H109ClI7N10O17V. The Morgan fingerprint density at radius 3 is 0.692 bits per heavy atom. The van der Waals surface area contributed by atoms with Crippen molar-refractivity contribution in [2.45, 2.75) is 132 Å². The third kappa shape index (κ3) is 46.4. The average molecular weight is 2660 g/mol. The molecule has 5 amide bonds. The van der Waals surface area contributed by atoms with Gasteiger partial charge in [-0.05, 0) is 245 Å². The zero-order valence-electron chi connectivity index (χ0n) is 75.3. The number of carbonyl (C=O) groups excluding carboxylic acids is 5. The fraction of sp³-hybridized carbons (Fsp3) is 0.289. The molecule has 10 aromatic carbocycles. The van der Waals surface area contributed by atoms with Crippen LogP contribution in [0.1, 0.15) is 92.1 Å². The minimum atomic E-state index is -1.76. The van der Waals surface area contributed by atoms with Crippen LogP contribution >= 0.6 is 162 Å². The molecule has 5 atom stereocenters. The Balaban J connectivity index is 0.000000806. The van der Waals surface area contributed by atoms with E-state index in [1.54, 1.807) is 149 Å². The van der Waals surface area contributed by atoms with Gasteiger partial charge in [-0.25, -0.2) is 19.4 Å². The second-order valence-corrected chi connectivity index (χ2v) is 70.0. The van der Waals surface area contributed by atoms with Gasteiger partial charge in [0.1, 0.15) is 61.8 Å². The molecule has 0 aromatic heterocycles. The van der Waals surface area contributed by atoms with Gasteiger partial charge in [-0.3, -0.25) is 34.1 Å². The quantitative estimate of drug-likeness (QED) is 0.00791. The standard InChI is InChI=1S/3C19H20N2O3.C18H17ClN2O3.C18H20N2O5.CH2I2.2CH3I.CH4.3HI.V/c3*1-13-5-8-16(9-6-13)24-12-19(3,23)18(22)21-15-7-10-17(20-4)14(2)11-15;1-12-4-7-14(8-5-12)24-11-18(2,23)17(22)21-13-6-9-16(20-3)15(19)10-13;1-12-4-7-15(8-5-12)25-11-18(3,22)17(21)19-14-6-9-16(20(23)24)13(2)10-14;2-1-3;2*1-2;;;;;/h3*5-11,23H,12H2,1-3H3,(H,21,22);4-10,23H,11H2,1-2H3,(H,21,22);4-10,22H,11H2,1-3H3,(H,19,21);1H2;2*1H3;1H4;3*1H;/q;;;;;;;;;;;;+3/p-3/t3*19-;2*18-;;;;;;;;/m00000......../s1. The average Bonchev–Trinajstić information content (AvgIpc) is 0.854. The number of aryl methyl sites for hydroxylation is 9. The van der Waals surface area contributed by atoms with Crippen LogP contribution in [0.4, 0.5) is 56.9 Å². The summed E-state index contributed by atoms with van der Waals surface area (Å²) in [6, 6.07) is 60.2. The number of ether oxygens (including phenoxy) is 5. The van der Waals surface area contributed by atoms with Gasteiger partial charge >= 0.3 is 64.9 Å². The number of alkyl halides is 4. The molecule has 0 aliphatic carbocycles. The number of nitrogens with zero attached hydrogens (tertiary/aromatic N) is 5.